The molecule has 4 N–H and O–H groups in total. The summed E-state index contributed by atoms with van der Waals surface area (Å²) in [5.41, 5.74) is 7.26. The highest BCUT2D eigenvalue weighted by molar-refractivity contribution is 5.94. The van der Waals surface area contributed by atoms with E-state index >= 15 is 0 Å². The molecule has 2 rings (SSSR count). The second kappa shape index (κ2) is 5.29. The van der Waals surface area contributed by atoms with Crippen LogP contribution in [0.25, 0.3) is 0 Å². The van der Waals surface area contributed by atoms with Gasteiger partial charge in [0.1, 0.15) is 0 Å². The molecule has 1 fully saturated rings. The number of nitrogens with two attached hydrogens (primary N) is 1. The number of rotatable bonds is 4. The van der Waals surface area contributed by atoms with E-state index < -0.39 is 0 Å². The number of aliphatic hydroxyl groups excluding tert-OH is 1. The lowest BCUT2D eigenvalue weighted by Crippen LogP contribution is -2.46. The molecule has 0 spiro atoms. The first-order valence-corrected chi connectivity index (χ1v) is 5.97. The van der Waals surface area contributed by atoms with E-state index in [9.17, 15) is 4.79 Å². The van der Waals surface area contributed by atoms with Crippen LogP contribution in [0.1, 0.15) is 28.8 Å². The van der Waals surface area contributed by atoms with Gasteiger partial charge in [0.25, 0.3) is 5.91 Å². The molecule has 1 aromatic rings. The number of carbonyl (C=O) groups excluding carboxylic acids is 1. The Bertz CT molecular complexity index is 383. The van der Waals surface area contributed by atoms with Gasteiger partial charge in [-0.15, -0.1) is 0 Å². The van der Waals surface area contributed by atoms with Crippen LogP contribution in [0.2, 0.25) is 0 Å². The highest BCUT2D eigenvalue weighted by Gasteiger charge is 2.28. The third-order valence-corrected chi connectivity index (χ3v) is 3.10. The Kier molecular flexibility index (Phi) is 3.76. The zero-order valence-corrected chi connectivity index (χ0v) is 9.73. The minimum absolute atomic E-state index is 0.0683. The average molecular weight is 234 g/mol. The fourth-order valence-electron chi connectivity index (χ4n) is 1.96. The molecule has 17 heavy (non-hydrogen) atoms. The lowest BCUT2D eigenvalue weighted by atomic mass is 9.89. The highest BCUT2D eigenvalue weighted by Crippen LogP contribution is 2.19. The van der Waals surface area contributed by atoms with Crippen molar-refractivity contribution in [3.05, 3.63) is 35.4 Å². The monoisotopic (exact) mass is 234 g/mol. The lowest BCUT2D eigenvalue weighted by molar-refractivity contribution is 0.0562. The fraction of sp³-hybridized carbons (Fsp3) is 0.462. The Morgan fingerprint density at radius 1 is 1.35 bits per heavy atom. The predicted molar refractivity (Wildman–Crippen MR) is 65.7 cm³/mol. The Hall–Kier alpha value is -1.39. The van der Waals surface area contributed by atoms with Crippen LogP contribution < -0.4 is 11.1 Å². The van der Waals surface area contributed by atoms with Crippen LogP contribution >= 0.6 is 0 Å². The van der Waals surface area contributed by atoms with Crippen LogP contribution in [0, 0.1) is 0 Å². The summed E-state index contributed by atoms with van der Waals surface area (Å²) < 4.78 is 0. The SMILES string of the molecule is NCCc1ccc(C(=O)NC2CC(O)C2)cc1. The first-order chi connectivity index (χ1) is 8.19. The molecule has 0 aliphatic heterocycles. The second-order valence-corrected chi connectivity index (χ2v) is 4.53. The van der Waals surface area contributed by atoms with Crippen molar-refractivity contribution in [3.8, 4) is 0 Å². The van der Waals surface area contributed by atoms with Crippen LogP contribution in [0.15, 0.2) is 24.3 Å². The van der Waals surface area contributed by atoms with Gasteiger partial charge in [0.15, 0.2) is 0 Å². The minimum Gasteiger partial charge on any atom is -0.393 e. The van der Waals surface area contributed by atoms with Crippen molar-refractivity contribution in [2.75, 3.05) is 6.54 Å². The van der Waals surface area contributed by atoms with Gasteiger partial charge in [0, 0.05) is 11.6 Å². The number of amides is 1. The van der Waals surface area contributed by atoms with Crippen LogP contribution in [-0.2, 0) is 6.42 Å². The molecule has 0 heterocycles. The van der Waals surface area contributed by atoms with E-state index in [1.807, 2.05) is 24.3 Å². The maximum Gasteiger partial charge on any atom is 0.251 e. The van der Waals surface area contributed by atoms with Gasteiger partial charge in [-0.3, -0.25) is 4.79 Å². The van der Waals surface area contributed by atoms with E-state index in [1.54, 1.807) is 0 Å². The number of benzene rings is 1. The molecular formula is C13H18N2O2. The van der Waals surface area contributed by atoms with Crippen LogP contribution in [0.3, 0.4) is 0 Å². The molecule has 0 bridgehead atoms. The largest absolute Gasteiger partial charge is 0.393 e. The molecule has 0 atom stereocenters. The standard InChI is InChI=1S/C13H18N2O2/c14-6-5-9-1-3-10(4-2-9)13(17)15-11-7-12(16)8-11/h1-4,11-12,16H,5-8,14H2,(H,15,17). The maximum absolute atomic E-state index is 11.8. The molecule has 1 aliphatic rings. The molecule has 92 valence electrons. The predicted octanol–water partition coefficient (Wildman–Crippen LogP) is 0.441. The van der Waals surface area contributed by atoms with Gasteiger partial charge < -0.3 is 16.2 Å². The first kappa shape index (κ1) is 12.1. The molecule has 4 nitrogen and oxygen atoms in total. The van der Waals surface area contributed by atoms with Crippen molar-refractivity contribution in [2.24, 2.45) is 5.73 Å². The number of hydrogen-bond acceptors (Lipinski definition) is 3. The summed E-state index contributed by atoms with van der Waals surface area (Å²) in [5, 5.41) is 12.0. The summed E-state index contributed by atoms with van der Waals surface area (Å²) in [6.45, 7) is 0.617. The third kappa shape index (κ3) is 3.05. The van der Waals surface area contributed by atoms with Gasteiger partial charge in [-0.25, -0.2) is 0 Å². The maximum atomic E-state index is 11.8. The molecule has 0 radical (unpaired) electrons. The number of nitrogens with one attached hydrogen (secondary N) is 1. The summed E-state index contributed by atoms with van der Waals surface area (Å²) >= 11 is 0. The zero-order chi connectivity index (χ0) is 12.3. The van der Waals surface area contributed by atoms with Crippen LogP contribution in [0.4, 0.5) is 0 Å². The van der Waals surface area contributed by atoms with E-state index in [-0.39, 0.29) is 18.1 Å². The van der Waals surface area contributed by atoms with E-state index in [2.05, 4.69) is 5.32 Å². The molecular weight excluding hydrogens is 216 g/mol. The molecule has 1 aliphatic carbocycles. The number of carbonyl (C=O) groups is 1. The minimum atomic E-state index is -0.243. The Morgan fingerprint density at radius 3 is 2.53 bits per heavy atom. The smallest absolute Gasteiger partial charge is 0.251 e. The van der Waals surface area contributed by atoms with Gasteiger partial charge in [-0.1, -0.05) is 12.1 Å². The topological polar surface area (TPSA) is 75.4 Å². The van der Waals surface area contributed by atoms with E-state index in [0.717, 1.165) is 12.0 Å². The summed E-state index contributed by atoms with van der Waals surface area (Å²) in [6, 6.07) is 7.61. The van der Waals surface area contributed by atoms with Gasteiger partial charge in [0.2, 0.25) is 0 Å². The summed E-state index contributed by atoms with van der Waals surface area (Å²) in [6.07, 6.45) is 1.91. The van der Waals surface area contributed by atoms with Crippen molar-refractivity contribution >= 4 is 5.91 Å². The van der Waals surface area contributed by atoms with Crippen LogP contribution in [-0.4, -0.2) is 29.7 Å². The van der Waals surface area contributed by atoms with Crippen LogP contribution in [0.5, 0.6) is 0 Å². The normalized spacial score (nSPS) is 22.9. The summed E-state index contributed by atoms with van der Waals surface area (Å²) in [5.74, 6) is -0.0683. The number of aliphatic hydroxyl groups is 1. The molecule has 0 unspecified atom stereocenters. The first-order valence-electron chi connectivity index (χ1n) is 5.97. The van der Waals surface area contributed by atoms with Gasteiger partial charge >= 0.3 is 0 Å². The highest BCUT2D eigenvalue weighted by atomic mass is 16.3. The molecule has 1 aromatic carbocycles. The Balaban J connectivity index is 1.90. The van der Waals surface area contributed by atoms with E-state index in [0.29, 0.717) is 24.9 Å². The van der Waals surface area contributed by atoms with E-state index in [4.69, 9.17) is 10.8 Å². The van der Waals surface area contributed by atoms with Gasteiger partial charge in [-0.2, -0.15) is 0 Å². The van der Waals surface area contributed by atoms with Crippen molar-refractivity contribution in [1.82, 2.24) is 5.32 Å². The van der Waals surface area contributed by atoms with Crippen molar-refractivity contribution in [2.45, 2.75) is 31.4 Å². The third-order valence-electron chi connectivity index (χ3n) is 3.10. The zero-order valence-electron chi connectivity index (χ0n) is 9.73. The quantitative estimate of drug-likeness (QED) is 0.707. The Morgan fingerprint density at radius 2 is 2.00 bits per heavy atom. The van der Waals surface area contributed by atoms with Gasteiger partial charge in [-0.05, 0) is 43.5 Å². The van der Waals surface area contributed by atoms with Crippen molar-refractivity contribution in [3.63, 3.8) is 0 Å². The second-order valence-electron chi connectivity index (χ2n) is 4.53. The molecule has 4 heteroatoms. The number of hydrogen-bond donors (Lipinski definition) is 3. The van der Waals surface area contributed by atoms with E-state index in [1.165, 1.54) is 0 Å². The molecule has 1 amide bonds. The summed E-state index contributed by atoms with van der Waals surface area (Å²) in [4.78, 5) is 11.8. The molecule has 0 aromatic heterocycles. The lowest BCUT2D eigenvalue weighted by Gasteiger charge is -2.31. The molecule has 0 saturated heterocycles. The average Bonchev–Trinajstić information content (AvgIpc) is 2.28. The fourth-order valence-corrected chi connectivity index (χ4v) is 1.96. The van der Waals surface area contributed by atoms with Gasteiger partial charge in [0.05, 0.1) is 6.10 Å². The van der Waals surface area contributed by atoms with Crippen molar-refractivity contribution in [1.29, 1.82) is 0 Å². The molecule has 1 saturated carbocycles. The Labute approximate surface area is 101 Å². The summed E-state index contributed by atoms with van der Waals surface area (Å²) in [7, 11) is 0. The van der Waals surface area contributed by atoms with Crippen molar-refractivity contribution < 1.29 is 9.90 Å².